The van der Waals surface area contributed by atoms with Gasteiger partial charge in [-0.2, -0.15) is 8.42 Å². The van der Waals surface area contributed by atoms with Crippen molar-refractivity contribution in [1.82, 2.24) is 4.98 Å². The Hall–Kier alpha value is -0.950. The molecule has 19 heavy (non-hydrogen) atoms. The van der Waals surface area contributed by atoms with E-state index in [0.717, 1.165) is 15.5 Å². The van der Waals surface area contributed by atoms with E-state index in [1.807, 2.05) is 30.3 Å². The van der Waals surface area contributed by atoms with Crippen molar-refractivity contribution in [2.75, 3.05) is 5.75 Å². The van der Waals surface area contributed by atoms with Gasteiger partial charge in [-0.3, -0.25) is 4.55 Å². The van der Waals surface area contributed by atoms with E-state index in [-0.39, 0.29) is 12.2 Å². The summed E-state index contributed by atoms with van der Waals surface area (Å²) in [4.78, 5) is 4.09. The number of aryl methyl sites for hydroxylation is 1. The Bertz CT molecular complexity index is 650. The average Bonchev–Trinajstić information content (AvgIpc) is 2.77. The van der Waals surface area contributed by atoms with Crippen LogP contribution in [0.5, 0.6) is 0 Å². The SMILES string of the molecule is O=S(=O)(O)CCc1c[nH]c(Sc2ccc(Cl)cc2)c1. The third kappa shape index (κ3) is 4.91. The van der Waals surface area contributed by atoms with Crippen LogP contribution in [-0.4, -0.2) is 23.7 Å². The molecule has 1 aromatic carbocycles. The number of hydrogen-bond acceptors (Lipinski definition) is 3. The van der Waals surface area contributed by atoms with Gasteiger partial charge in [0.2, 0.25) is 0 Å². The first-order valence-electron chi connectivity index (χ1n) is 5.48. The largest absolute Gasteiger partial charge is 0.356 e. The minimum atomic E-state index is -3.91. The summed E-state index contributed by atoms with van der Waals surface area (Å²) < 4.78 is 30.0. The zero-order valence-electron chi connectivity index (χ0n) is 9.84. The van der Waals surface area contributed by atoms with Crippen LogP contribution in [0.15, 0.2) is 46.5 Å². The molecule has 0 fully saturated rings. The molecule has 0 spiro atoms. The molecule has 0 aliphatic carbocycles. The van der Waals surface area contributed by atoms with E-state index in [4.69, 9.17) is 16.2 Å². The predicted octanol–water partition coefficient (Wildman–Crippen LogP) is 3.25. The van der Waals surface area contributed by atoms with Gasteiger partial charge >= 0.3 is 0 Å². The highest BCUT2D eigenvalue weighted by Gasteiger charge is 2.07. The molecule has 0 amide bonds. The second-order valence-electron chi connectivity index (χ2n) is 3.96. The van der Waals surface area contributed by atoms with Gasteiger partial charge < -0.3 is 4.98 Å². The van der Waals surface area contributed by atoms with Crippen LogP contribution in [0, 0.1) is 0 Å². The summed E-state index contributed by atoms with van der Waals surface area (Å²) in [5.74, 6) is -0.268. The van der Waals surface area contributed by atoms with Crippen molar-refractivity contribution in [3.8, 4) is 0 Å². The standard InChI is InChI=1S/C12H12ClNO3S2/c13-10-1-3-11(4-2-10)18-12-7-9(8-14-12)5-6-19(15,16)17/h1-4,7-8,14H,5-6H2,(H,15,16,17). The van der Waals surface area contributed by atoms with Crippen molar-refractivity contribution in [3.05, 3.63) is 47.1 Å². The molecule has 4 nitrogen and oxygen atoms in total. The minimum absolute atomic E-state index is 0.268. The molecular formula is C12H12ClNO3S2. The maximum absolute atomic E-state index is 10.7. The first kappa shape index (κ1) is 14.5. The van der Waals surface area contributed by atoms with Crippen molar-refractivity contribution in [2.45, 2.75) is 16.3 Å². The van der Waals surface area contributed by atoms with Gasteiger partial charge in [0.15, 0.2) is 0 Å². The number of aromatic amines is 1. The number of rotatable bonds is 5. The molecule has 7 heteroatoms. The van der Waals surface area contributed by atoms with Crippen LogP contribution in [0.1, 0.15) is 5.56 Å². The zero-order chi connectivity index (χ0) is 13.9. The normalized spacial score (nSPS) is 11.7. The molecule has 2 aromatic rings. The highest BCUT2D eigenvalue weighted by molar-refractivity contribution is 7.99. The van der Waals surface area contributed by atoms with Crippen LogP contribution in [0.3, 0.4) is 0 Å². The monoisotopic (exact) mass is 317 g/mol. The Labute approximate surface area is 120 Å². The average molecular weight is 318 g/mol. The number of benzene rings is 1. The maximum atomic E-state index is 10.7. The Morgan fingerprint density at radius 3 is 2.58 bits per heavy atom. The molecule has 0 radical (unpaired) electrons. The summed E-state index contributed by atoms with van der Waals surface area (Å²) in [5, 5.41) is 1.59. The number of halogens is 1. The van der Waals surface area contributed by atoms with Gasteiger partial charge in [0, 0.05) is 16.1 Å². The second-order valence-corrected chi connectivity index (χ2v) is 7.09. The van der Waals surface area contributed by atoms with Gasteiger partial charge in [0.25, 0.3) is 10.1 Å². The molecule has 0 saturated carbocycles. The van der Waals surface area contributed by atoms with E-state index in [1.165, 1.54) is 11.8 Å². The summed E-state index contributed by atoms with van der Waals surface area (Å²) in [6, 6.07) is 9.31. The van der Waals surface area contributed by atoms with E-state index in [2.05, 4.69) is 4.98 Å². The van der Waals surface area contributed by atoms with Gasteiger partial charge in [0.05, 0.1) is 10.8 Å². The molecule has 1 aromatic heterocycles. The lowest BCUT2D eigenvalue weighted by Gasteiger charge is -1.98. The molecule has 0 unspecified atom stereocenters. The first-order valence-corrected chi connectivity index (χ1v) is 8.29. The van der Waals surface area contributed by atoms with Crippen LogP contribution in [-0.2, 0) is 16.5 Å². The highest BCUT2D eigenvalue weighted by Crippen LogP contribution is 2.28. The number of H-pyrrole nitrogens is 1. The summed E-state index contributed by atoms with van der Waals surface area (Å²) in [6.07, 6.45) is 2.03. The van der Waals surface area contributed by atoms with Gasteiger partial charge in [-0.1, -0.05) is 23.4 Å². The summed E-state index contributed by atoms with van der Waals surface area (Å²) in [6.45, 7) is 0. The fraction of sp³-hybridized carbons (Fsp3) is 0.167. The van der Waals surface area contributed by atoms with Crippen LogP contribution in [0.2, 0.25) is 5.02 Å². The van der Waals surface area contributed by atoms with Crippen molar-refractivity contribution in [2.24, 2.45) is 0 Å². The third-order valence-corrected chi connectivity index (χ3v) is 4.34. The van der Waals surface area contributed by atoms with Crippen LogP contribution in [0.4, 0.5) is 0 Å². The van der Waals surface area contributed by atoms with E-state index < -0.39 is 10.1 Å². The molecular weight excluding hydrogens is 306 g/mol. The predicted molar refractivity (Wildman–Crippen MR) is 76.5 cm³/mol. The molecule has 1 heterocycles. The lowest BCUT2D eigenvalue weighted by Crippen LogP contribution is -2.05. The fourth-order valence-corrected chi connectivity index (χ4v) is 2.97. The van der Waals surface area contributed by atoms with Crippen LogP contribution >= 0.6 is 23.4 Å². The Morgan fingerprint density at radius 2 is 1.95 bits per heavy atom. The van der Waals surface area contributed by atoms with E-state index >= 15 is 0 Å². The van der Waals surface area contributed by atoms with Crippen molar-refractivity contribution >= 4 is 33.5 Å². The van der Waals surface area contributed by atoms with Gasteiger partial charge in [-0.05, 0) is 42.3 Å². The molecule has 0 aliphatic rings. The van der Waals surface area contributed by atoms with Gasteiger partial charge in [-0.15, -0.1) is 0 Å². The lowest BCUT2D eigenvalue weighted by molar-refractivity contribution is 0.482. The third-order valence-electron chi connectivity index (χ3n) is 2.41. The molecule has 102 valence electrons. The van der Waals surface area contributed by atoms with Crippen molar-refractivity contribution < 1.29 is 13.0 Å². The Morgan fingerprint density at radius 1 is 1.26 bits per heavy atom. The number of hydrogen-bond donors (Lipinski definition) is 2. The molecule has 2 N–H and O–H groups in total. The fourth-order valence-electron chi connectivity index (χ4n) is 1.50. The number of aromatic nitrogens is 1. The molecule has 0 saturated heterocycles. The summed E-state index contributed by atoms with van der Waals surface area (Å²) in [7, 11) is -3.91. The van der Waals surface area contributed by atoms with E-state index in [0.29, 0.717) is 5.02 Å². The van der Waals surface area contributed by atoms with Crippen LogP contribution < -0.4 is 0 Å². The maximum Gasteiger partial charge on any atom is 0.265 e. The minimum Gasteiger partial charge on any atom is -0.356 e. The lowest BCUT2D eigenvalue weighted by atomic mass is 10.3. The Balaban J connectivity index is 1.99. The van der Waals surface area contributed by atoms with Crippen LogP contribution in [0.25, 0.3) is 0 Å². The molecule has 0 bridgehead atoms. The molecule has 0 atom stereocenters. The second kappa shape index (κ2) is 6.00. The van der Waals surface area contributed by atoms with Crippen molar-refractivity contribution in [1.29, 1.82) is 0 Å². The molecule has 0 aliphatic heterocycles. The summed E-state index contributed by atoms with van der Waals surface area (Å²) >= 11 is 7.33. The Kier molecular flexibility index (Phi) is 4.57. The first-order chi connectivity index (χ1) is 8.92. The van der Waals surface area contributed by atoms with E-state index in [9.17, 15) is 8.42 Å². The smallest absolute Gasteiger partial charge is 0.265 e. The van der Waals surface area contributed by atoms with Crippen molar-refractivity contribution in [3.63, 3.8) is 0 Å². The van der Waals surface area contributed by atoms with E-state index in [1.54, 1.807) is 6.20 Å². The van der Waals surface area contributed by atoms with Gasteiger partial charge in [-0.25, -0.2) is 0 Å². The molecule has 2 rings (SSSR count). The quantitative estimate of drug-likeness (QED) is 0.830. The summed E-state index contributed by atoms with van der Waals surface area (Å²) in [5.41, 5.74) is 0.842. The highest BCUT2D eigenvalue weighted by atomic mass is 35.5. The zero-order valence-corrected chi connectivity index (χ0v) is 12.2. The topological polar surface area (TPSA) is 70.2 Å². The number of nitrogens with one attached hydrogen (secondary N) is 1. The van der Waals surface area contributed by atoms with Gasteiger partial charge in [0.1, 0.15) is 0 Å².